The summed E-state index contributed by atoms with van der Waals surface area (Å²) in [5, 5.41) is 0. The van der Waals surface area contributed by atoms with Crippen molar-refractivity contribution in [2.24, 2.45) is 5.92 Å². The standard InChI is InChI=1S/C12H17NO2S/c1-9(2)7-11-8-10-5-3-4-6-12(10)16(14,15)13-11/h3-6,9,11,13H,7-8H2,1-2H3. The molecule has 0 bridgehead atoms. The summed E-state index contributed by atoms with van der Waals surface area (Å²) in [7, 11) is -3.29. The van der Waals surface area contributed by atoms with E-state index in [0.717, 1.165) is 18.4 Å². The number of sulfonamides is 1. The maximum atomic E-state index is 12.0. The van der Waals surface area contributed by atoms with Gasteiger partial charge in [-0.3, -0.25) is 0 Å². The van der Waals surface area contributed by atoms with E-state index in [4.69, 9.17) is 0 Å². The predicted molar refractivity (Wildman–Crippen MR) is 63.7 cm³/mol. The highest BCUT2D eigenvalue weighted by atomic mass is 32.2. The molecular weight excluding hydrogens is 222 g/mol. The topological polar surface area (TPSA) is 46.2 Å². The van der Waals surface area contributed by atoms with Crippen molar-refractivity contribution in [1.82, 2.24) is 4.72 Å². The highest BCUT2D eigenvalue weighted by Gasteiger charge is 2.29. The van der Waals surface area contributed by atoms with Crippen molar-refractivity contribution in [3.63, 3.8) is 0 Å². The van der Waals surface area contributed by atoms with E-state index in [2.05, 4.69) is 18.6 Å². The lowest BCUT2D eigenvalue weighted by Crippen LogP contribution is -2.41. The summed E-state index contributed by atoms with van der Waals surface area (Å²) in [6, 6.07) is 7.27. The molecule has 1 atom stereocenters. The summed E-state index contributed by atoms with van der Waals surface area (Å²) in [5.74, 6) is 0.498. The van der Waals surface area contributed by atoms with Crippen molar-refractivity contribution in [3.05, 3.63) is 29.8 Å². The maximum Gasteiger partial charge on any atom is 0.241 e. The molecule has 2 rings (SSSR count). The van der Waals surface area contributed by atoms with Crippen LogP contribution in [0.3, 0.4) is 0 Å². The van der Waals surface area contributed by atoms with Gasteiger partial charge in [0.1, 0.15) is 0 Å². The van der Waals surface area contributed by atoms with Crippen LogP contribution in [-0.2, 0) is 16.4 Å². The molecule has 88 valence electrons. The molecule has 0 fully saturated rings. The van der Waals surface area contributed by atoms with Crippen LogP contribution in [0.4, 0.5) is 0 Å². The molecule has 0 saturated heterocycles. The van der Waals surface area contributed by atoms with E-state index in [9.17, 15) is 8.42 Å². The van der Waals surface area contributed by atoms with E-state index < -0.39 is 10.0 Å². The lowest BCUT2D eigenvalue weighted by molar-refractivity contribution is 0.446. The first-order chi connectivity index (χ1) is 7.49. The van der Waals surface area contributed by atoms with Crippen LogP contribution in [0.15, 0.2) is 29.2 Å². The van der Waals surface area contributed by atoms with Gasteiger partial charge in [0.2, 0.25) is 10.0 Å². The third kappa shape index (κ3) is 2.28. The number of fused-ring (bicyclic) bond motifs is 1. The zero-order chi connectivity index (χ0) is 11.8. The predicted octanol–water partition coefficient (Wildman–Crippen LogP) is 1.94. The SMILES string of the molecule is CC(C)CC1Cc2ccccc2S(=O)(=O)N1. The highest BCUT2D eigenvalue weighted by molar-refractivity contribution is 7.89. The first-order valence-electron chi connectivity index (χ1n) is 5.59. The van der Waals surface area contributed by atoms with E-state index in [1.165, 1.54) is 0 Å². The van der Waals surface area contributed by atoms with Gasteiger partial charge in [-0.25, -0.2) is 13.1 Å². The van der Waals surface area contributed by atoms with Crippen LogP contribution in [-0.4, -0.2) is 14.5 Å². The first kappa shape index (κ1) is 11.6. The Kier molecular flexibility index (Phi) is 3.04. The number of hydrogen-bond acceptors (Lipinski definition) is 2. The van der Waals surface area contributed by atoms with Crippen LogP contribution >= 0.6 is 0 Å². The Bertz CT molecular complexity index is 480. The largest absolute Gasteiger partial charge is 0.241 e. The molecule has 3 nitrogen and oxygen atoms in total. The lowest BCUT2D eigenvalue weighted by Gasteiger charge is -2.26. The average molecular weight is 239 g/mol. The zero-order valence-electron chi connectivity index (χ0n) is 9.60. The summed E-state index contributed by atoms with van der Waals surface area (Å²) in [6.45, 7) is 4.21. The quantitative estimate of drug-likeness (QED) is 0.857. The number of nitrogens with one attached hydrogen (secondary N) is 1. The molecule has 1 unspecified atom stereocenters. The van der Waals surface area contributed by atoms with Crippen molar-refractivity contribution in [2.45, 2.75) is 37.6 Å². The van der Waals surface area contributed by atoms with Crippen molar-refractivity contribution < 1.29 is 8.42 Å². The Morgan fingerprint density at radius 2 is 2.06 bits per heavy atom. The van der Waals surface area contributed by atoms with Gasteiger partial charge < -0.3 is 0 Å². The highest BCUT2D eigenvalue weighted by Crippen LogP contribution is 2.24. The fourth-order valence-electron chi connectivity index (χ4n) is 2.23. The van der Waals surface area contributed by atoms with E-state index in [0.29, 0.717) is 10.8 Å². The first-order valence-corrected chi connectivity index (χ1v) is 7.07. The van der Waals surface area contributed by atoms with Gasteiger partial charge in [0.15, 0.2) is 0 Å². The molecule has 0 spiro atoms. The Labute approximate surface area is 96.9 Å². The van der Waals surface area contributed by atoms with Gasteiger partial charge in [0, 0.05) is 6.04 Å². The molecule has 0 saturated carbocycles. The summed E-state index contributed by atoms with van der Waals surface area (Å²) >= 11 is 0. The van der Waals surface area contributed by atoms with Gasteiger partial charge >= 0.3 is 0 Å². The van der Waals surface area contributed by atoms with E-state index in [1.807, 2.05) is 12.1 Å². The minimum atomic E-state index is -3.29. The second-order valence-electron chi connectivity index (χ2n) is 4.76. The summed E-state index contributed by atoms with van der Waals surface area (Å²) < 4.78 is 26.7. The fourth-order valence-corrected chi connectivity index (χ4v) is 3.72. The van der Waals surface area contributed by atoms with Crippen LogP contribution in [0.2, 0.25) is 0 Å². The van der Waals surface area contributed by atoms with Crippen LogP contribution < -0.4 is 4.72 Å². The third-order valence-corrected chi connectivity index (χ3v) is 4.43. The third-order valence-electron chi connectivity index (χ3n) is 2.81. The molecule has 1 aromatic rings. The van der Waals surface area contributed by atoms with E-state index >= 15 is 0 Å². The Hall–Kier alpha value is -0.870. The van der Waals surface area contributed by atoms with E-state index in [1.54, 1.807) is 12.1 Å². The van der Waals surface area contributed by atoms with Gasteiger partial charge in [-0.1, -0.05) is 32.0 Å². The van der Waals surface area contributed by atoms with Crippen LogP contribution in [0, 0.1) is 5.92 Å². The van der Waals surface area contributed by atoms with Gasteiger partial charge in [-0.05, 0) is 30.4 Å². The molecule has 4 heteroatoms. The second-order valence-corrected chi connectivity index (χ2v) is 6.44. The number of rotatable bonds is 2. The molecule has 16 heavy (non-hydrogen) atoms. The molecule has 1 aliphatic rings. The molecule has 0 aliphatic carbocycles. The van der Waals surface area contributed by atoms with Crippen LogP contribution in [0.5, 0.6) is 0 Å². The minimum Gasteiger partial charge on any atom is -0.208 e. The monoisotopic (exact) mass is 239 g/mol. The average Bonchev–Trinajstić information content (AvgIpc) is 2.15. The number of hydrogen-bond donors (Lipinski definition) is 1. The second kappa shape index (κ2) is 4.18. The Balaban J connectivity index is 2.34. The van der Waals surface area contributed by atoms with Gasteiger partial charge in [-0.2, -0.15) is 0 Å². The molecule has 0 aromatic heterocycles. The smallest absolute Gasteiger partial charge is 0.208 e. The van der Waals surface area contributed by atoms with E-state index in [-0.39, 0.29) is 6.04 Å². The Morgan fingerprint density at radius 1 is 1.38 bits per heavy atom. The van der Waals surface area contributed by atoms with Crippen LogP contribution in [0.25, 0.3) is 0 Å². The zero-order valence-corrected chi connectivity index (χ0v) is 10.4. The van der Waals surface area contributed by atoms with Gasteiger partial charge in [-0.15, -0.1) is 0 Å². The normalized spacial score (nSPS) is 23.1. The molecule has 1 heterocycles. The van der Waals surface area contributed by atoms with Crippen molar-refractivity contribution >= 4 is 10.0 Å². The van der Waals surface area contributed by atoms with Crippen LogP contribution in [0.1, 0.15) is 25.8 Å². The van der Waals surface area contributed by atoms with Crippen molar-refractivity contribution in [1.29, 1.82) is 0 Å². The summed E-state index contributed by atoms with van der Waals surface area (Å²) in [4.78, 5) is 0.440. The maximum absolute atomic E-state index is 12.0. The fraction of sp³-hybridized carbons (Fsp3) is 0.500. The van der Waals surface area contributed by atoms with Crippen molar-refractivity contribution in [2.75, 3.05) is 0 Å². The molecular formula is C12H17NO2S. The summed E-state index contributed by atoms with van der Waals surface area (Å²) in [5.41, 5.74) is 0.937. The molecule has 1 aromatic carbocycles. The number of benzene rings is 1. The lowest BCUT2D eigenvalue weighted by atomic mass is 9.98. The molecule has 1 aliphatic heterocycles. The molecule has 0 radical (unpaired) electrons. The van der Waals surface area contributed by atoms with Gasteiger partial charge in [0.05, 0.1) is 4.90 Å². The molecule has 0 amide bonds. The summed E-state index contributed by atoms with van der Waals surface area (Å²) in [6.07, 6.45) is 1.68. The van der Waals surface area contributed by atoms with Crippen molar-refractivity contribution in [3.8, 4) is 0 Å². The van der Waals surface area contributed by atoms with Gasteiger partial charge in [0.25, 0.3) is 0 Å². The Morgan fingerprint density at radius 3 is 2.75 bits per heavy atom. The molecule has 1 N–H and O–H groups in total. The minimum absolute atomic E-state index is 0.0416.